The molecular weight excluding hydrogens is 230 g/mol. The van der Waals surface area contributed by atoms with Crippen molar-refractivity contribution >= 4 is 5.84 Å². The zero-order valence-corrected chi connectivity index (χ0v) is 10.6. The number of nitrogen functional groups attached to an aromatic ring is 1. The van der Waals surface area contributed by atoms with Crippen molar-refractivity contribution in [3.8, 4) is 5.88 Å². The van der Waals surface area contributed by atoms with E-state index >= 15 is 0 Å². The zero-order valence-electron chi connectivity index (χ0n) is 10.6. The van der Waals surface area contributed by atoms with Gasteiger partial charge in [0.2, 0.25) is 5.88 Å². The largest absolute Gasteiger partial charge is 0.474 e. The number of hydrogen-bond acceptors (Lipinski definition) is 4. The number of nitrogens with zero attached hydrogens (tertiary/aromatic N) is 1. The number of nitrogens with two attached hydrogens (primary N) is 1. The summed E-state index contributed by atoms with van der Waals surface area (Å²) >= 11 is 0. The highest BCUT2D eigenvalue weighted by Crippen LogP contribution is 2.18. The van der Waals surface area contributed by atoms with E-state index in [4.69, 9.17) is 20.6 Å². The second kappa shape index (κ2) is 5.82. The van der Waals surface area contributed by atoms with Crippen LogP contribution in [0.2, 0.25) is 0 Å². The fraction of sp³-hybridized carbons (Fsp3) is 0.538. The van der Waals surface area contributed by atoms with Gasteiger partial charge in [-0.25, -0.2) is 4.98 Å². The first-order chi connectivity index (χ1) is 8.66. The van der Waals surface area contributed by atoms with Crippen LogP contribution >= 0.6 is 0 Å². The molecule has 1 saturated heterocycles. The fourth-order valence-corrected chi connectivity index (χ4v) is 1.96. The van der Waals surface area contributed by atoms with E-state index in [0.29, 0.717) is 18.1 Å². The van der Waals surface area contributed by atoms with Gasteiger partial charge >= 0.3 is 0 Å². The Morgan fingerprint density at radius 1 is 1.56 bits per heavy atom. The lowest BCUT2D eigenvalue weighted by atomic mass is 10.1. The Morgan fingerprint density at radius 3 is 3.06 bits per heavy atom. The Kier molecular flexibility index (Phi) is 4.15. The van der Waals surface area contributed by atoms with E-state index in [2.05, 4.69) is 4.98 Å². The number of ether oxygens (including phenoxy) is 2. The van der Waals surface area contributed by atoms with E-state index in [1.165, 1.54) is 6.42 Å². The lowest BCUT2D eigenvalue weighted by molar-refractivity contribution is -0.0120. The van der Waals surface area contributed by atoms with E-state index in [-0.39, 0.29) is 11.9 Å². The summed E-state index contributed by atoms with van der Waals surface area (Å²) in [4.78, 5) is 4.28. The van der Waals surface area contributed by atoms with Crippen LogP contribution in [0.1, 0.15) is 30.5 Å². The third-order valence-corrected chi connectivity index (χ3v) is 2.97. The molecule has 1 aliphatic heterocycles. The summed E-state index contributed by atoms with van der Waals surface area (Å²) in [6.07, 6.45) is 3.44. The fourth-order valence-electron chi connectivity index (χ4n) is 1.96. The first kappa shape index (κ1) is 12.8. The molecule has 0 bridgehead atoms. The monoisotopic (exact) mass is 249 g/mol. The predicted octanol–water partition coefficient (Wildman–Crippen LogP) is 1.62. The van der Waals surface area contributed by atoms with E-state index in [9.17, 15) is 0 Å². The second-order valence-electron chi connectivity index (χ2n) is 4.52. The van der Waals surface area contributed by atoms with Gasteiger partial charge in [-0.05, 0) is 38.3 Å². The van der Waals surface area contributed by atoms with Gasteiger partial charge in [0.05, 0.1) is 11.7 Å². The highest BCUT2D eigenvalue weighted by Gasteiger charge is 2.16. The summed E-state index contributed by atoms with van der Waals surface area (Å²) in [7, 11) is 0. The standard InChI is InChI=1S/C13H19N3O2/c1-9-5-6-11(12(14)15)13(16-9)18-8-10-4-2-3-7-17-10/h5-6,10H,2-4,7-8H2,1H3,(H3,14,15). The molecule has 0 aromatic carbocycles. The molecule has 1 aliphatic rings. The maximum atomic E-state index is 7.50. The summed E-state index contributed by atoms with van der Waals surface area (Å²) in [5.41, 5.74) is 6.89. The van der Waals surface area contributed by atoms with Gasteiger partial charge in [0.25, 0.3) is 0 Å². The molecule has 1 aromatic rings. The molecule has 0 aliphatic carbocycles. The van der Waals surface area contributed by atoms with E-state index in [0.717, 1.165) is 25.1 Å². The topological polar surface area (TPSA) is 81.2 Å². The molecule has 0 amide bonds. The van der Waals surface area contributed by atoms with E-state index in [1.807, 2.05) is 13.0 Å². The molecule has 3 N–H and O–H groups in total. The number of aryl methyl sites for hydroxylation is 1. The van der Waals surface area contributed by atoms with Crippen molar-refractivity contribution in [3.05, 3.63) is 23.4 Å². The molecule has 5 heteroatoms. The van der Waals surface area contributed by atoms with Crippen molar-refractivity contribution in [2.45, 2.75) is 32.3 Å². The van der Waals surface area contributed by atoms with Crippen molar-refractivity contribution < 1.29 is 9.47 Å². The average Bonchev–Trinajstić information content (AvgIpc) is 2.37. The van der Waals surface area contributed by atoms with Crippen molar-refractivity contribution in [1.82, 2.24) is 4.98 Å². The number of hydrogen-bond donors (Lipinski definition) is 2. The predicted molar refractivity (Wildman–Crippen MR) is 69.1 cm³/mol. The van der Waals surface area contributed by atoms with Gasteiger partial charge in [0.1, 0.15) is 12.4 Å². The number of aromatic nitrogens is 1. The molecule has 5 nitrogen and oxygen atoms in total. The Balaban J connectivity index is 2.03. The van der Waals surface area contributed by atoms with Gasteiger partial charge < -0.3 is 15.2 Å². The van der Waals surface area contributed by atoms with E-state index in [1.54, 1.807) is 6.07 Å². The molecular formula is C13H19N3O2. The molecule has 2 rings (SSSR count). The molecule has 18 heavy (non-hydrogen) atoms. The van der Waals surface area contributed by atoms with Gasteiger partial charge in [-0.3, -0.25) is 5.41 Å². The van der Waals surface area contributed by atoms with Gasteiger partial charge in [-0.15, -0.1) is 0 Å². The Bertz CT molecular complexity index is 428. The van der Waals surface area contributed by atoms with Crippen LogP contribution in [0.4, 0.5) is 0 Å². The molecule has 1 unspecified atom stereocenters. The Morgan fingerprint density at radius 2 is 2.39 bits per heavy atom. The van der Waals surface area contributed by atoms with Crippen LogP contribution in [0.3, 0.4) is 0 Å². The van der Waals surface area contributed by atoms with Crippen LogP contribution in [-0.2, 0) is 4.74 Å². The van der Waals surface area contributed by atoms with Crippen molar-refractivity contribution in [1.29, 1.82) is 5.41 Å². The van der Waals surface area contributed by atoms with Crippen LogP contribution in [0.15, 0.2) is 12.1 Å². The number of pyridine rings is 1. The third kappa shape index (κ3) is 3.20. The van der Waals surface area contributed by atoms with Gasteiger partial charge in [-0.1, -0.05) is 0 Å². The molecule has 2 heterocycles. The SMILES string of the molecule is Cc1ccc(C(=N)N)c(OCC2CCCCO2)n1. The number of nitrogens with one attached hydrogen (secondary N) is 1. The number of rotatable bonds is 4. The minimum atomic E-state index is -0.0259. The van der Waals surface area contributed by atoms with E-state index < -0.39 is 0 Å². The zero-order chi connectivity index (χ0) is 13.0. The van der Waals surface area contributed by atoms with Crippen molar-refractivity contribution in [3.63, 3.8) is 0 Å². The summed E-state index contributed by atoms with van der Waals surface area (Å²) in [6, 6.07) is 3.59. The third-order valence-electron chi connectivity index (χ3n) is 2.97. The molecule has 0 saturated carbocycles. The van der Waals surface area contributed by atoms with Crippen LogP contribution in [-0.4, -0.2) is 30.1 Å². The molecule has 1 aromatic heterocycles. The highest BCUT2D eigenvalue weighted by molar-refractivity contribution is 5.97. The summed E-state index contributed by atoms with van der Waals surface area (Å²) < 4.78 is 11.3. The lowest BCUT2D eigenvalue weighted by Gasteiger charge is -2.22. The van der Waals surface area contributed by atoms with Crippen LogP contribution < -0.4 is 10.5 Å². The van der Waals surface area contributed by atoms with Gasteiger partial charge in [0, 0.05) is 12.3 Å². The average molecular weight is 249 g/mol. The smallest absolute Gasteiger partial charge is 0.224 e. The van der Waals surface area contributed by atoms with Crippen LogP contribution in [0.25, 0.3) is 0 Å². The Labute approximate surface area is 107 Å². The van der Waals surface area contributed by atoms with Crippen molar-refractivity contribution in [2.24, 2.45) is 5.73 Å². The maximum Gasteiger partial charge on any atom is 0.224 e. The van der Waals surface area contributed by atoms with Crippen LogP contribution in [0.5, 0.6) is 5.88 Å². The summed E-state index contributed by atoms with van der Waals surface area (Å²) in [5.74, 6) is 0.402. The molecule has 1 atom stereocenters. The van der Waals surface area contributed by atoms with Crippen LogP contribution in [0, 0.1) is 12.3 Å². The quantitative estimate of drug-likeness (QED) is 0.627. The molecule has 0 spiro atoms. The first-order valence-electron chi connectivity index (χ1n) is 6.23. The maximum absolute atomic E-state index is 7.50. The molecule has 98 valence electrons. The summed E-state index contributed by atoms with van der Waals surface area (Å²) in [6.45, 7) is 3.15. The minimum Gasteiger partial charge on any atom is -0.474 e. The molecule has 1 fully saturated rings. The van der Waals surface area contributed by atoms with Crippen molar-refractivity contribution in [2.75, 3.05) is 13.2 Å². The second-order valence-corrected chi connectivity index (χ2v) is 4.52. The lowest BCUT2D eigenvalue weighted by Crippen LogP contribution is -2.26. The minimum absolute atomic E-state index is 0.0259. The summed E-state index contributed by atoms with van der Waals surface area (Å²) in [5, 5.41) is 7.50. The van der Waals surface area contributed by atoms with Gasteiger partial charge in [0.15, 0.2) is 0 Å². The first-order valence-corrected chi connectivity index (χ1v) is 6.23. The highest BCUT2D eigenvalue weighted by atomic mass is 16.5. The normalized spacial score (nSPS) is 19.5. The Hall–Kier alpha value is -1.62. The molecule has 0 radical (unpaired) electrons. The number of amidine groups is 1. The van der Waals surface area contributed by atoms with Gasteiger partial charge in [-0.2, -0.15) is 0 Å².